The number of methoxy groups -OCH3 is 1. The van der Waals surface area contributed by atoms with Crippen LogP contribution in [0.1, 0.15) is 24.8 Å². The number of amidine groups is 1. The molecule has 1 atom stereocenters. The fourth-order valence-electron chi connectivity index (χ4n) is 4.05. The van der Waals surface area contributed by atoms with Crippen molar-refractivity contribution >= 4 is 11.5 Å². The van der Waals surface area contributed by atoms with Crippen molar-refractivity contribution in [2.45, 2.75) is 31.6 Å². The normalized spacial score (nSPS) is 21.8. The van der Waals surface area contributed by atoms with Gasteiger partial charge in [-0.15, -0.1) is 0 Å². The molecule has 0 radical (unpaired) electrons. The summed E-state index contributed by atoms with van der Waals surface area (Å²) in [6.07, 6.45) is 2.94. The summed E-state index contributed by atoms with van der Waals surface area (Å²) >= 11 is 0. The van der Waals surface area contributed by atoms with Crippen LogP contribution in [0.2, 0.25) is 0 Å². The maximum atomic E-state index is 12.4. The highest BCUT2D eigenvalue weighted by Crippen LogP contribution is 2.36. The molecule has 2 aromatic carbocycles. The summed E-state index contributed by atoms with van der Waals surface area (Å²) in [6.45, 7) is -1.76. The summed E-state index contributed by atoms with van der Waals surface area (Å²) < 4.78 is 36.5. The lowest BCUT2D eigenvalue weighted by atomic mass is 10.0. The van der Waals surface area contributed by atoms with Crippen molar-refractivity contribution in [1.29, 1.82) is 0 Å². The number of ether oxygens (including phenoxy) is 2. The highest BCUT2D eigenvalue weighted by atomic mass is 19.3. The molecule has 0 unspecified atom stereocenters. The van der Waals surface area contributed by atoms with E-state index in [1.165, 1.54) is 12.1 Å². The predicted octanol–water partition coefficient (Wildman–Crippen LogP) is 3.56. The van der Waals surface area contributed by atoms with Crippen molar-refractivity contribution < 1.29 is 27.9 Å². The molecule has 28 heavy (non-hydrogen) atoms. The van der Waals surface area contributed by atoms with Crippen LogP contribution in [0.25, 0.3) is 0 Å². The van der Waals surface area contributed by atoms with Crippen molar-refractivity contribution in [1.82, 2.24) is 0 Å². The Morgan fingerprint density at radius 3 is 2.36 bits per heavy atom. The van der Waals surface area contributed by atoms with E-state index in [2.05, 4.69) is 9.64 Å². The molecule has 1 N–H and O–H groups in total. The van der Waals surface area contributed by atoms with Gasteiger partial charge in [-0.25, -0.2) is 9.48 Å². The molecule has 0 saturated carbocycles. The second-order valence-electron chi connectivity index (χ2n) is 7.03. The first-order valence-corrected chi connectivity index (χ1v) is 9.34. The number of nitrogens with zero attached hydrogens (tertiary/aromatic N) is 2. The SMILES string of the molecule is COc1ccc(N2C[C@@](O)(c3ccc(OC(F)F)cc3)[N+]3=C2CCCC3)cc1. The molecular weight excluding hydrogens is 366 g/mol. The molecule has 0 spiro atoms. The Kier molecular flexibility index (Phi) is 4.93. The molecule has 5 nitrogen and oxygen atoms in total. The van der Waals surface area contributed by atoms with E-state index < -0.39 is 12.3 Å². The number of hydrogen-bond acceptors (Lipinski definition) is 4. The van der Waals surface area contributed by atoms with Crippen LogP contribution in [0.4, 0.5) is 14.5 Å². The van der Waals surface area contributed by atoms with Crippen LogP contribution >= 0.6 is 0 Å². The van der Waals surface area contributed by atoms with Gasteiger partial charge in [-0.3, -0.25) is 0 Å². The monoisotopic (exact) mass is 389 g/mol. The fourth-order valence-corrected chi connectivity index (χ4v) is 4.05. The van der Waals surface area contributed by atoms with E-state index in [1.807, 2.05) is 28.8 Å². The number of hydrogen-bond donors (Lipinski definition) is 1. The summed E-state index contributed by atoms with van der Waals surface area (Å²) in [4.78, 5) is 2.13. The highest BCUT2D eigenvalue weighted by molar-refractivity contribution is 5.96. The van der Waals surface area contributed by atoms with Crippen LogP contribution < -0.4 is 14.4 Å². The second-order valence-corrected chi connectivity index (χ2v) is 7.03. The molecule has 7 heteroatoms. The maximum Gasteiger partial charge on any atom is 0.387 e. The van der Waals surface area contributed by atoms with Crippen LogP contribution in [0, 0.1) is 0 Å². The Hall–Kier alpha value is -2.67. The van der Waals surface area contributed by atoms with E-state index in [0.717, 1.165) is 43.1 Å². The summed E-state index contributed by atoms with van der Waals surface area (Å²) in [5, 5.41) is 11.6. The molecule has 0 saturated heterocycles. The van der Waals surface area contributed by atoms with Crippen molar-refractivity contribution in [3.63, 3.8) is 0 Å². The minimum absolute atomic E-state index is 0.0789. The van der Waals surface area contributed by atoms with E-state index in [-0.39, 0.29) is 5.75 Å². The number of aliphatic hydroxyl groups is 1. The number of anilines is 1. The number of alkyl halides is 2. The zero-order valence-corrected chi connectivity index (χ0v) is 15.6. The van der Waals surface area contributed by atoms with Gasteiger partial charge in [0.25, 0.3) is 11.6 Å². The van der Waals surface area contributed by atoms with Crippen LogP contribution in [0.3, 0.4) is 0 Å². The first kappa shape index (κ1) is 18.7. The summed E-state index contributed by atoms with van der Waals surface area (Å²) in [5.41, 5.74) is 0.416. The smallest absolute Gasteiger partial charge is 0.387 e. The molecule has 0 aromatic heterocycles. The largest absolute Gasteiger partial charge is 0.497 e. The van der Waals surface area contributed by atoms with Crippen molar-refractivity contribution in [2.24, 2.45) is 0 Å². The molecule has 2 aliphatic rings. The zero-order valence-electron chi connectivity index (χ0n) is 15.6. The van der Waals surface area contributed by atoms with Crippen molar-refractivity contribution in [2.75, 3.05) is 25.1 Å². The predicted molar refractivity (Wildman–Crippen MR) is 101 cm³/mol. The van der Waals surface area contributed by atoms with Gasteiger partial charge in [0.2, 0.25) is 0 Å². The molecule has 0 aliphatic carbocycles. The molecule has 2 heterocycles. The lowest BCUT2D eigenvalue weighted by Crippen LogP contribution is -2.41. The lowest BCUT2D eigenvalue weighted by molar-refractivity contribution is -0.661. The zero-order chi connectivity index (χ0) is 19.7. The molecule has 4 rings (SSSR count). The Morgan fingerprint density at radius 2 is 1.71 bits per heavy atom. The highest BCUT2D eigenvalue weighted by Gasteiger charge is 2.52. The Morgan fingerprint density at radius 1 is 1.04 bits per heavy atom. The standard InChI is InChI=1S/C21H23F2N2O3/c1-27-17-11-7-16(8-12-17)24-14-21(26,25-13-3-2-4-19(24)25)15-5-9-18(10-6-15)28-20(22)23/h5-12,20,26H,2-4,13-14H2,1H3/q+1/t21-/m1/s1. The van der Waals surface area contributed by atoms with Crippen LogP contribution in [0.15, 0.2) is 48.5 Å². The quantitative estimate of drug-likeness (QED) is 0.795. The number of β-amino-alcohol motifs (C(OH)–C–C–N with tert-alkyl or cyclic N) is 1. The first-order valence-electron chi connectivity index (χ1n) is 9.34. The van der Waals surface area contributed by atoms with Gasteiger partial charge in [0.05, 0.1) is 13.7 Å². The summed E-state index contributed by atoms with van der Waals surface area (Å²) in [5.74, 6) is 1.93. The molecule has 0 bridgehead atoms. The first-order chi connectivity index (χ1) is 13.5. The lowest BCUT2D eigenvalue weighted by Gasteiger charge is -2.24. The molecule has 148 valence electrons. The topological polar surface area (TPSA) is 44.9 Å². The fraction of sp³-hybridized carbons (Fsp3) is 0.381. The van der Waals surface area contributed by atoms with E-state index >= 15 is 0 Å². The third-order valence-electron chi connectivity index (χ3n) is 5.41. The van der Waals surface area contributed by atoms with Crippen molar-refractivity contribution in [3.8, 4) is 11.5 Å². The van der Waals surface area contributed by atoms with Gasteiger partial charge >= 0.3 is 6.61 Å². The third-order valence-corrected chi connectivity index (χ3v) is 5.41. The van der Waals surface area contributed by atoms with Gasteiger partial charge in [0.15, 0.2) is 6.54 Å². The summed E-state index contributed by atoms with van der Waals surface area (Å²) in [6, 6.07) is 14.0. The van der Waals surface area contributed by atoms with Gasteiger partial charge < -0.3 is 14.6 Å². The molecular formula is C21H23F2N2O3+. The molecule has 2 aliphatic heterocycles. The average Bonchev–Trinajstić information content (AvgIpc) is 3.02. The van der Waals surface area contributed by atoms with E-state index in [0.29, 0.717) is 12.1 Å². The van der Waals surface area contributed by atoms with Gasteiger partial charge in [-0.2, -0.15) is 8.78 Å². The molecule has 0 fully saturated rings. The van der Waals surface area contributed by atoms with Gasteiger partial charge in [0, 0.05) is 12.0 Å². The second kappa shape index (κ2) is 7.39. The minimum atomic E-state index is -2.87. The van der Waals surface area contributed by atoms with E-state index in [1.54, 1.807) is 19.2 Å². The van der Waals surface area contributed by atoms with Gasteiger partial charge in [-0.1, -0.05) is 0 Å². The number of benzene rings is 2. The number of halogens is 2. The van der Waals surface area contributed by atoms with Gasteiger partial charge in [0.1, 0.15) is 17.2 Å². The maximum absolute atomic E-state index is 12.4. The average molecular weight is 389 g/mol. The van der Waals surface area contributed by atoms with Crippen LogP contribution in [0.5, 0.6) is 11.5 Å². The van der Waals surface area contributed by atoms with Crippen LogP contribution in [-0.4, -0.2) is 42.3 Å². The Labute approximate surface area is 162 Å². The van der Waals surface area contributed by atoms with Crippen LogP contribution in [-0.2, 0) is 5.72 Å². The third kappa shape index (κ3) is 3.30. The number of rotatable bonds is 5. The minimum Gasteiger partial charge on any atom is -0.497 e. The molecule has 2 aromatic rings. The van der Waals surface area contributed by atoms with Gasteiger partial charge in [-0.05, 0) is 61.4 Å². The Bertz CT molecular complexity index is 868. The van der Waals surface area contributed by atoms with E-state index in [4.69, 9.17) is 4.74 Å². The summed E-state index contributed by atoms with van der Waals surface area (Å²) in [7, 11) is 1.63. The molecule has 0 amide bonds. The van der Waals surface area contributed by atoms with Crippen molar-refractivity contribution in [3.05, 3.63) is 54.1 Å². The van der Waals surface area contributed by atoms with E-state index in [9.17, 15) is 13.9 Å². The Balaban J connectivity index is 1.68.